The van der Waals surface area contributed by atoms with Crippen molar-refractivity contribution in [3.05, 3.63) is 35.6 Å². The molecule has 0 atom stereocenters. The molecule has 0 aliphatic heterocycles. The molecule has 0 saturated heterocycles. The van der Waals surface area contributed by atoms with Crippen LogP contribution in [0.5, 0.6) is 0 Å². The summed E-state index contributed by atoms with van der Waals surface area (Å²) in [6, 6.07) is 1.44. The van der Waals surface area contributed by atoms with Crippen molar-refractivity contribution in [3.63, 3.8) is 0 Å². The molecule has 17 heavy (non-hydrogen) atoms. The lowest BCUT2D eigenvalue weighted by molar-refractivity contribution is -0.116. The van der Waals surface area contributed by atoms with Crippen molar-refractivity contribution in [1.29, 1.82) is 0 Å². The maximum atomic E-state index is 11.5. The number of nitrogens with one attached hydrogen (secondary N) is 1. The maximum Gasteiger partial charge on any atom is 0.337 e. The van der Waals surface area contributed by atoms with Gasteiger partial charge in [0.05, 0.1) is 5.56 Å². The Balaban J connectivity index is 1.96. The summed E-state index contributed by atoms with van der Waals surface area (Å²) in [4.78, 5) is 26.1. The number of aromatic carboxylic acids is 1. The van der Waals surface area contributed by atoms with Crippen LogP contribution < -0.4 is 5.32 Å². The lowest BCUT2D eigenvalue weighted by atomic mass is 10.4. The molecular weight excluding hydrogens is 242 g/mol. The minimum atomic E-state index is -1.01. The highest BCUT2D eigenvalue weighted by Crippen LogP contribution is 2.10. The number of hydrogen-bond acceptors (Lipinski definition) is 4. The average molecular weight is 251 g/mol. The van der Waals surface area contributed by atoms with E-state index in [0.717, 1.165) is 0 Å². The van der Waals surface area contributed by atoms with Crippen LogP contribution in [-0.4, -0.2) is 26.5 Å². The van der Waals surface area contributed by atoms with Crippen molar-refractivity contribution < 1.29 is 14.7 Å². The second-order valence-electron chi connectivity index (χ2n) is 3.26. The van der Waals surface area contributed by atoms with Gasteiger partial charge < -0.3 is 15.0 Å². The Bertz CT molecular complexity index is 533. The number of anilines is 1. The van der Waals surface area contributed by atoms with Gasteiger partial charge in [-0.2, -0.15) is 0 Å². The third-order valence-electron chi connectivity index (χ3n) is 2.00. The molecule has 2 rings (SSSR count). The molecule has 88 valence electrons. The van der Waals surface area contributed by atoms with Gasteiger partial charge in [0.1, 0.15) is 6.54 Å². The van der Waals surface area contributed by atoms with Crippen molar-refractivity contribution in [3.8, 4) is 0 Å². The van der Waals surface area contributed by atoms with Crippen LogP contribution in [0.1, 0.15) is 10.4 Å². The third-order valence-corrected chi connectivity index (χ3v) is 2.69. The van der Waals surface area contributed by atoms with E-state index in [2.05, 4.69) is 10.3 Å². The molecule has 0 radical (unpaired) electrons. The molecule has 1 amide bonds. The molecule has 6 nitrogen and oxygen atoms in total. The van der Waals surface area contributed by atoms with Crippen LogP contribution in [0, 0.1) is 0 Å². The van der Waals surface area contributed by atoms with Crippen LogP contribution in [0.4, 0.5) is 5.13 Å². The zero-order valence-electron chi connectivity index (χ0n) is 8.66. The van der Waals surface area contributed by atoms with E-state index >= 15 is 0 Å². The fourth-order valence-corrected chi connectivity index (χ4v) is 1.82. The number of aromatic nitrogens is 2. The number of rotatable bonds is 4. The molecule has 2 heterocycles. The Kier molecular flexibility index (Phi) is 3.20. The minimum absolute atomic E-state index is 0.0624. The van der Waals surface area contributed by atoms with E-state index in [1.54, 1.807) is 17.8 Å². The summed E-state index contributed by atoms with van der Waals surface area (Å²) >= 11 is 1.33. The highest BCUT2D eigenvalue weighted by atomic mass is 32.1. The summed E-state index contributed by atoms with van der Waals surface area (Å²) in [6.07, 6.45) is 4.55. The van der Waals surface area contributed by atoms with Crippen LogP contribution in [0.15, 0.2) is 30.0 Å². The van der Waals surface area contributed by atoms with E-state index in [0.29, 0.717) is 5.13 Å². The number of carboxylic acids is 1. The Morgan fingerprint density at radius 2 is 2.35 bits per heavy atom. The Hall–Kier alpha value is -2.15. The van der Waals surface area contributed by atoms with Gasteiger partial charge in [0, 0.05) is 24.0 Å². The summed E-state index contributed by atoms with van der Waals surface area (Å²) in [5, 5.41) is 13.6. The number of carbonyl (C=O) groups excluding carboxylic acids is 1. The lowest BCUT2D eigenvalue weighted by Crippen LogP contribution is -2.17. The number of amides is 1. The van der Waals surface area contributed by atoms with Crippen LogP contribution in [0.25, 0.3) is 0 Å². The van der Waals surface area contributed by atoms with E-state index in [1.807, 2.05) is 0 Å². The van der Waals surface area contributed by atoms with Crippen molar-refractivity contribution in [1.82, 2.24) is 9.55 Å². The third kappa shape index (κ3) is 2.91. The van der Waals surface area contributed by atoms with Gasteiger partial charge in [-0.3, -0.25) is 4.79 Å². The topological polar surface area (TPSA) is 84.2 Å². The molecule has 0 aliphatic rings. The first-order valence-corrected chi connectivity index (χ1v) is 5.61. The highest BCUT2D eigenvalue weighted by molar-refractivity contribution is 7.13. The van der Waals surface area contributed by atoms with E-state index < -0.39 is 5.97 Å². The minimum Gasteiger partial charge on any atom is -0.478 e. The molecule has 0 unspecified atom stereocenters. The largest absolute Gasteiger partial charge is 0.478 e. The first kappa shape index (κ1) is 11.3. The number of nitrogens with zero attached hydrogens (tertiary/aromatic N) is 2. The van der Waals surface area contributed by atoms with Gasteiger partial charge in [0.15, 0.2) is 5.13 Å². The number of carbonyl (C=O) groups is 2. The normalized spacial score (nSPS) is 10.1. The van der Waals surface area contributed by atoms with Gasteiger partial charge in [-0.15, -0.1) is 11.3 Å². The van der Waals surface area contributed by atoms with E-state index in [4.69, 9.17) is 5.11 Å². The van der Waals surface area contributed by atoms with Crippen LogP contribution in [0.2, 0.25) is 0 Å². The van der Waals surface area contributed by atoms with Gasteiger partial charge >= 0.3 is 5.97 Å². The number of hydrogen-bond donors (Lipinski definition) is 2. The molecule has 2 aromatic heterocycles. The van der Waals surface area contributed by atoms with Gasteiger partial charge in [0.2, 0.25) is 5.91 Å². The van der Waals surface area contributed by atoms with Crippen molar-refractivity contribution in [2.45, 2.75) is 6.54 Å². The van der Waals surface area contributed by atoms with Crippen molar-refractivity contribution >= 4 is 28.3 Å². The van der Waals surface area contributed by atoms with Crippen molar-refractivity contribution in [2.75, 3.05) is 5.32 Å². The van der Waals surface area contributed by atoms with E-state index in [9.17, 15) is 9.59 Å². The highest BCUT2D eigenvalue weighted by Gasteiger charge is 2.08. The predicted octanol–water partition coefficient (Wildman–Crippen LogP) is 1.28. The van der Waals surface area contributed by atoms with E-state index in [1.165, 1.54) is 28.2 Å². The molecule has 0 bridgehead atoms. The number of carboxylic acid groups (broad SMARTS) is 1. The SMILES string of the molecule is O=C(Cn1ccc(C(=O)O)c1)Nc1nccs1. The number of thiazole rings is 1. The predicted molar refractivity (Wildman–Crippen MR) is 62.1 cm³/mol. The summed E-state index contributed by atoms with van der Waals surface area (Å²) in [7, 11) is 0. The molecule has 0 fully saturated rings. The van der Waals surface area contributed by atoms with Crippen LogP contribution >= 0.6 is 11.3 Å². The molecule has 0 aliphatic carbocycles. The van der Waals surface area contributed by atoms with Crippen molar-refractivity contribution in [2.24, 2.45) is 0 Å². The molecule has 0 spiro atoms. The zero-order valence-corrected chi connectivity index (χ0v) is 9.48. The van der Waals surface area contributed by atoms with E-state index in [-0.39, 0.29) is 18.0 Å². The Morgan fingerprint density at radius 3 is 2.94 bits per heavy atom. The monoisotopic (exact) mass is 251 g/mol. The maximum absolute atomic E-state index is 11.5. The summed E-state index contributed by atoms with van der Waals surface area (Å²) < 4.78 is 1.51. The smallest absolute Gasteiger partial charge is 0.337 e. The Morgan fingerprint density at radius 1 is 1.53 bits per heavy atom. The summed E-state index contributed by atoms with van der Waals surface area (Å²) in [6.45, 7) is 0.0624. The average Bonchev–Trinajstić information content (AvgIpc) is 2.88. The quantitative estimate of drug-likeness (QED) is 0.857. The lowest BCUT2D eigenvalue weighted by Gasteiger charge is -2.02. The van der Waals surface area contributed by atoms with Gasteiger partial charge in [-0.1, -0.05) is 0 Å². The fraction of sp³-hybridized carbons (Fsp3) is 0.100. The van der Waals surface area contributed by atoms with Gasteiger partial charge in [0.25, 0.3) is 0 Å². The van der Waals surface area contributed by atoms with Crippen LogP contribution in [-0.2, 0) is 11.3 Å². The first-order valence-electron chi connectivity index (χ1n) is 4.73. The molecule has 2 aromatic rings. The molecule has 2 N–H and O–H groups in total. The second-order valence-corrected chi connectivity index (χ2v) is 4.16. The molecule has 0 saturated carbocycles. The fourth-order valence-electron chi connectivity index (χ4n) is 1.28. The molecular formula is C10H9N3O3S. The second kappa shape index (κ2) is 4.79. The zero-order chi connectivity index (χ0) is 12.3. The summed E-state index contributed by atoms with van der Waals surface area (Å²) in [5.74, 6) is -1.25. The molecule has 0 aromatic carbocycles. The molecule has 7 heteroatoms. The standard InChI is InChI=1S/C10H9N3O3S/c14-8(12-10-11-2-4-17-10)6-13-3-1-7(5-13)9(15)16/h1-5H,6H2,(H,15,16)(H,11,12,14). The Labute approximate surface area is 101 Å². The van der Waals surface area contributed by atoms with Gasteiger partial charge in [-0.05, 0) is 6.07 Å². The first-order chi connectivity index (χ1) is 8.15. The van der Waals surface area contributed by atoms with Gasteiger partial charge in [-0.25, -0.2) is 9.78 Å². The summed E-state index contributed by atoms with van der Waals surface area (Å²) in [5.41, 5.74) is 0.159. The van der Waals surface area contributed by atoms with Crippen LogP contribution in [0.3, 0.4) is 0 Å².